The third-order valence-corrected chi connectivity index (χ3v) is 3.38. The number of carboxylic acid groups (broad SMARTS) is 1. The van der Waals surface area contributed by atoms with Gasteiger partial charge in [0.05, 0.1) is 0 Å². The molecule has 4 nitrogen and oxygen atoms in total. The number of benzene rings is 1. The topological polar surface area (TPSA) is 66.4 Å². The first kappa shape index (κ1) is 17.2. The Morgan fingerprint density at radius 2 is 1.86 bits per heavy atom. The minimum absolute atomic E-state index is 0.0372. The molecule has 0 fully saturated rings. The van der Waals surface area contributed by atoms with Gasteiger partial charge in [-0.1, -0.05) is 39.0 Å². The molecule has 0 aromatic heterocycles. The van der Waals surface area contributed by atoms with Crippen LogP contribution in [-0.4, -0.2) is 23.0 Å². The van der Waals surface area contributed by atoms with Crippen LogP contribution in [0.25, 0.3) is 0 Å². The van der Waals surface area contributed by atoms with Crippen molar-refractivity contribution in [3.05, 3.63) is 35.4 Å². The van der Waals surface area contributed by atoms with E-state index in [-0.39, 0.29) is 23.8 Å². The van der Waals surface area contributed by atoms with E-state index in [1.165, 1.54) is 0 Å². The first-order valence-corrected chi connectivity index (χ1v) is 7.34. The van der Waals surface area contributed by atoms with Gasteiger partial charge in [-0.25, -0.2) is 0 Å². The molecule has 0 saturated carbocycles. The highest BCUT2D eigenvalue weighted by atomic mass is 16.4. The number of amides is 1. The zero-order valence-corrected chi connectivity index (χ0v) is 13.3. The van der Waals surface area contributed by atoms with Gasteiger partial charge in [0.2, 0.25) is 0 Å². The SMILES string of the molecule is CC(CCCC(=O)O)NC(=O)c1ccccc1C(C)(C)C. The number of hydrogen-bond acceptors (Lipinski definition) is 2. The molecule has 0 bridgehead atoms. The lowest BCUT2D eigenvalue weighted by Crippen LogP contribution is -2.34. The summed E-state index contributed by atoms with van der Waals surface area (Å²) in [5, 5.41) is 11.6. The van der Waals surface area contributed by atoms with E-state index in [9.17, 15) is 9.59 Å². The normalized spacial score (nSPS) is 12.8. The van der Waals surface area contributed by atoms with Crippen LogP contribution >= 0.6 is 0 Å². The van der Waals surface area contributed by atoms with Crippen LogP contribution in [-0.2, 0) is 10.2 Å². The molecule has 4 heteroatoms. The van der Waals surface area contributed by atoms with Gasteiger partial charge in [0.1, 0.15) is 0 Å². The zero-order chi connectivity index (χ0) is 16.0. The highest BCUT2D eigenvalue weighted by Gasteiger charge is 2.21. The van der Waals surface area contributed by atoms with Gasteiger partial charge >= 0.3 is 5.97 Å². The molecule has 1 unspecified atom stereocenters. The Balaban J connectivity index is 2.70. The van der Waals surface area contributed by atoms with Crippen molar-refractivity contribution < 1.29 is 14.7 Å². The van der Waals surface area contributed by atoms with Crippen molar-refractivity contribution in [3.8, 4) is 0 Å². The van der Waals surface area contributed by atoms with E-state index < -0.39 is 5.97 Å². The molecule has 0 aliphatic carbocycles. The molecule has 0 saturated heterocycles. The van der Waals surface area contributed by atoms with Crippen LogP contribution in [0.5, 0.6) is 0 Å². The van der Waals surface area contributed by atoms with Gasteiger partial charge in [-0.2, -0.15) is 0 Å². The molecular formula is C17H25NO3. The molecule has 1 atom stereocenters. The largest absolute Gasteiger partial charge is 0.481 e. The maximum Gasteiger partial charge on any atom is 0.303 e. The summed E-state index contributed by atoms with van der Waals surface area (Å²) < 4.78 is 0. The molecule has 0 radical (unpaired) electrons. The van der Waals surface area contributed by atoms with E-state index in [1.807, 2.05) is 31.2 Å². The van der Waals surface area contributed by atoms with Gasteiger partial charge in [0.25, 0.3) is 5.91 Å². The van der Waals surface area contributed by atoms with Crippen molar-refractivity contribution in [2.45, 2.75) is 58.4 Å². The number of carbonyl (C=O) groups is 2. The van der Waals surface area contributed by atoms with Crippen LogP contribution in [0, 0.1) is 0 Å². The molecule has 1 rings (SSSR count). The Morgan fingerprint density at radius 3 is 2.43 bits per heavy atom. The highest BCUT2D eigenvalue weighted by molar-refractivity contribution is 5.96. The van der Waals surface area contributed by atoms with Crippen LogP contribution in [0.2, 0.25) is 0 Å². The summed E-state index contributed by atoms with van der Waals surface area (Å²) in [5.41, 5.74) is 1.61. The number of aliphatic carboxylic acids is 1. The highest BCUT2D eigenvalue weighted by Crippen LogP contribution is 2.25. The Hall–Kier alpha value is -1.84. The van der Waals surface area contributed by atoms with E-state index in [2.05, 4.69) is 26.1 Å². The predicted molar refractivity (Wildman–Crippen MR) is 83.6 cm³/mol. The maximum atomic E-state index is 12.4. The van der Waals surface area contributed by atoms with Crippen molar-refractivity contribution >= 4 is 11.9 Å². The van der Waals surface area contributed by atoms with E-state index in [1.54, 1.807) is 0 Å². The molecular weight excluding hydrogens is 266 g/mol. The smallest absolute Gasteiger partial charge is 0.303 e. The molecule has 1 aromatic rings. The second-order valence-electron chi connectivity index (χ2n) is 6.46. The first-order chi connectivity index (χ1) is 9.71. The van der Waals surface area contributed by atoms with Crippen molar-refractivity contribution in [1.29, 1.82) is 0 Å². The Morgan fingerprint density at radius 1 is 1.24 bits per heavy atom. The average molecular weight is 291 g/mol. The van der Waals surface area contributed by atoms with Gasteiger partial charge < -0.3 is 10.4 Å². The zero-order valence-electron chi connectivity index (χ0n) is 13.3. The third-order valence-electron chi connectivity index (χ3n) is 3.38. The summed E-state index contributed by atoms with van der Waals surface area (Å²) in [4.78, 5) is 22.9. The number of hydrogen-bond donors (Lipinski definition) is 2. The van der Waals surface area contributed by atoms with Crippen molar-refractivity contribution in [2.75, 3.05) is 0 Å². The second-order valence-corrected chi connectivity index (χ2v) is 6.46. The van der Waals surface area contributed by atoms with Gasteiger partial charge in [-0.05, 0) is 36.8 Å². The quantitative estimate of drug-likeness (QED) is 0.844. The molecule has 116 valence electrons. The third kappa shape index (κ3) is 5.58. The standard InChI is InChI=1S/C17H25NO3/c1-12(8-7-11-15(19)20)18-16(21)13-9-5-6-10-14(13)17(2,3)4/h5-6,9-10,12H,7-8,11H2,1-4H3,(H,18,21)(H,19,20). The fourth-order valence-corrected chi connectivity index (χ4v) is 2.27. The summed E-state index contributed by atoms with van der Waals surface area (Å²) in [7, 11) is 0. The monoisotopic (exact) mass is 291 g/mol. The molecule has 0 aliphatic heterocycles. The minimum Gasteiger partial charge on any atom is -0.481 e. The van der Waals surface area contributed by atoms with E-state index in [0.717, 1.165) is 5.56 Å². The lowest BCUT2D eigenvalue weighted by atomic mass is 9.83. The molecule has 0 heterocycles. The summed E-state index contributed by atoms with van der Waals surface area (Å²) >= 11 is 0. The summed E-state index contributed by atoms with van der Waals surface area (Å²) in [6, 6.07) is 7.57. The van der Waals surface area contributed by atoms with E-state index in [4.69, 9.17) is 5.11 Å². The van der Waals surface area contributed by atoms with Gasteiger partial charge in [-0.15, -0.1) is 0 Å². The minimum atomic E-state index is -0.799. The second kappa shape index (κ2) is 7.25. The molecule has 21 heavy (non-hydrogen) atoms. The Bertz CT molecular complexity index is 503. The van der Waals surface area contributed by atoms with E-state index >= 15 is 0 Å². The van der Waals surface area contributed by atoms with Crippen LogP contribution < -0.4 is 5.32 Å². The van der Waals surface area contributed by atoms with Crippen molar-refractivity contribution in [1.82, 2.24) is 5.32 Å². The Kier molecular flexibility index (Phi) is 5.94. The average Bonchev–Trinajstić information content (AvgIpc) is 2.37. The molecule has 2 N–H and O–H groups in total. The van der Waals surface area contributed by atoms with Crippen LogP contribution in [0.1, 0.15) is 62.9 Å². The van der Waals surface area contributed by atoms with Crippen LogP contribution in [0.15, 0.2) is 24.3 Å². The Labute approximate surface area is 126 Å². The van der Waals surface area contributed by atoms with Gasteiger partial charge in [-0.3, -0.25) is 9.59 Å². The summed E-state index contributed by atoms with van der Waals surface area (Å²) in [6.45, 7) is 8.14. The van der Waals surface area contributed by atoms with Crippen molar-refractivity contribution in [2.24, 2.45) is 0 Å². The molecule has 0 spiro atoms. The number of rotatable bonds is 6. The van der Waals surface area contributed by atoms with Crippen LogP contribution in [0.4, 0.5) is 0 Å². The number of nitrogens with one attached hydrogen (secondary N) is 1. The lowest BCUT2D eigenvalue weighted by molar-refractivity contribution is -0.137. The van der Waals surface area contributed by atoms with E-state index in [0.29, 0.717) is 18.4 Å². The van der Waals surface area contributed by atoms with Gasteiger partial charge in [0, 0.05) is 18.0 Å². The number of carboxylic acids is 1. The fourth-order valence-electron chi connectivity index (χ4n) is 2.27. The summed E-state index contributed by atoms with van der Waals surface area (Å²) in [5.74, 6) is -0.894. The molecule has 1 aromatic carbocycles. The molecule has 0 aliphatic rings. The fraction of sp³-hybridized carbons (Fsp3) is 0.529. The number of carbonyl (C=O) groups excluding carboxylic acids is 1. The summed E-state index contributed by atoms with van der Waals surface area (Å²) in [6.07, 6.45) is 1.37. The lowest BCUT2D eigenvalue weighted by Gasteiger charge is -2.23. The van der Waals surface area contributed by atoms with Crippen molar-refractivity contribution in [3.63, 3.8) is 0 Å². The first-order valence-electron chi connectivity index (χ1n) is 7.34. The molecule has 1 amide bonds. The predicted octanol–water partition coefficient (Wildman–Crippen LogP) is 3.36. The van der Waals surface area contributed by atoms with Gasteiger partial charge in [0.15, 0.2) is 0 Å². The van der Waals surface area contributed by atoms with Crippen LogP contribution in [0.3, 0.4) is 0 Å². The maximum absolute atomic E-state index is 12.4.